The summed E-state index contributed by atoms with van der Waals surface area (Å²) in [5.74, 6) is 1.17. The SMILES string of the molecule is COc1c(C)c2c(c(OCC[Si](C)(C)C)c1C/C=C(\C)CCC(=O)CCCP(C)(C)=O)C(=O)OC2. The number of hydrogen-bond donors (Lipinski definition) is 0. The molecule has 0 spiro atoms. The fourth-order valence-electron chi connectivity index (χ4n) is 4.13. The molecule has 35 heavy (non-hydrogen) atoms. The number of allylic oxidation sites excluding steroid dienone is 2. The molecule has 0 amide bonds. The monoisotopic (exact) mass is 522 g/mol. The normalized spacial score (nSPS) is 14.1. The lowest BCUT2D eigenvalue weighted by Gasteiger charge is -2.21. The zero-order valence-electron chi connectivity index (χ0n) is 22.8. The molecule has 0 unspecified atom stereocenters. The van der Waals surface area contributed by atoms with E-state index in [0.29, 0.717) is 56.2 Å². The third kappa shape index (κ3) is 8.95. The Morgan fingerprint density at radius 1 is 1.14 bits per heavy atom. The Morgan fingerprint density at radius 3 is 2.43 bits per heavy atom. The zero-order chi connectivity index (χ0) is 26.4. The standard InChI is InChI=1S/C27H43O6PSi/c1-19(11-13-21(28)10-9-16-34(4,5)30)12-14-22-25(31-3)20(2)23-18-33-27(29)24(23)26(22)32-15-17-35(6,7)8/h12H,9-11,13-18H2,1-8H3/b19-12+. The van der Waals surface area contributed by atoms with Gasteiger partial charge in [-0.05, 0) is 58.0 Å². The molecule has 1 aromatic carbocycles. The molecule has 196 valence electrons. The molecule has 0 fully saturated rings. The highest BCUT2D eigenvalue weighted by atomic mass is 31.2. The van der Waals surface area contributed by atoms with E-state index < -0.39 is 15.2 Å². The lowest BCUT2D eigenvalue weighted by atomic mass is 9.94. The van der Waals surface area contributed by atoms with Crippen molar-refractivity contribution in [1.82, 2.24) is 0 Å². The average Bonchev–Trinajstić information content (AvgIpc) is 3.12. The van der Waals surface area contributed by atoms with Crippen LogP contribution in [0.3, 0.4) is 0 Å². The fourth-order valence-corrected chi connectivity index (χ4v) is 5.76. The number of esters is 1. The van der Waals surface area contributed by atoms with Crippen LogP contribution >= 0.6 is 7.14 Å². The van der Waals surface area contributed by atoms with E-state index in [0.717, 1.165) is 34.1 Å². The third-order valence-electron chi connectivity index (χ3n) is 6.33. The molecule has 0 radical (unpaired) electrons. The maximum Gasteiger partial charge on any atom is 0.342 e. The molecule has 2 rings (SSSR count). The maximum absolute atomic E-state index is 12.6. The van der Waals surface area contributed by atoms with Gasteiger partial charge in [0, 0.05) is 38.2 Å². The van der Waals surface area contributed by atoms with Gasteiger partial charge in [0.2, 0.25) is 0 Å². The van der Waals surface area contributed by atoms with Crippen molar-refractivity contribution in [2.24, 2.45) is 0 Å². The number of Topliss-reactive ketones (excluding diaryl/α,β-unsaturated/α-hetero) is 1. The molecule has 0 atom stereocenters. The number of methoxy groups -OCH3 is 1. The van der Waals surface area contributed by atoms with E-state index in [9.17, 15) is 14.2 Å². The van der Waals surface area contributed by atoms with Crippen molar-refractivity contribution in [2.45, 2.75) is 78.2 Å². The number of ketones is 1. The minimum atomic E-state index is -2.07. The lowest BCUT2D eigenvalue weighted by molar-refractivity contribution is -0.119. The lowest BCUT2D eigenvalue weighted by Crippen LogP contribution is -2.23. The van der Waals surface area contributed by atoms with E-state index >= 15 is 0 Å². The van der Waals surface area contributed by atoms with E-state index in [-0.39, 0.29) is 18.4 Å². The molecule has 0 saturated heterocycles. The van der Waals surface area contributed by atoms with Crippen molar-refractivity contribution in [2.75, 3.05) is 33.2 Å². The predicted molar refractivity (Wildman–Crippen MR) is 146 cm³/mol. The van der Waals surface area contributed by atoms with Crippen LogP contribution in [0.15, 0.2) is 11.6 Å². The van der Waals surface area contributed by atoms with Crippen molar-refractivity contribution >= 4 is 27.0 Å². The first-order chi connectivity index (χ1) is 16.2. The van der Waals surface area contributed by atoms with Gasteiger partial charge < -0.3 is 18.8 Å². The number of cyclic esters (lactones) is 1. The molecule has 0 bridgehead atoms. The summed E-state index contributed by atoms with van der Waals surface area (Å²) < 4.78 is 29.2. The van der Waals surface area contributed by atoms with Crippen LogP contribution in [0.25, 0.3) is 0 Å². The molecule has 1 aliphatic heterocycles. The molecule has 1 aromatic rings. The second kappa shape index (κ2) is 12.4. The Labute approximate surface area is 212 Å². The summed E-state index contributed by atoms with van der Waals surface area (Å²) >= 11 is 0. The van der Waals surface area contributed by atoms with Gasteiger partial charge in [-0.3, -0.25) is 4.79 Å². The molecule has 0 aromatic heterocycles. The number of ether oxygens (including phenoxy) is 3. The van der Waals surface area contributed by atoms with Crippen LogP contribution in [-0.4, -0.2) is 53.0 Å². The van der Waals surface area contributed by atoms with Gasteiger partial charge in [-0.25, -0.2) is 4.79 Å². The minimum Gasteiger partial charge on any atom is -0.496 e. The van der Waals surface area contributed by atoms with Crippen LogP contribution in [0.2, 0.25) is 25.7 Å². The second-order valence-electron chi connectivity index (χ2n) is 11.2. The Hall–Kier alpha value is -1.85. The average molecular weight is 523 g/mol. The third-order valence-corrected chi connectivity index (χ3v) is 9.43. The highest BCUT2D eigenvalue weighted by molar-refractivity contribution is 7.62. The van der Waals surface area contributed by atoms with Crippen LogP contribution in [0, 0.1) is 6.92 Å². The van der Waals surface area contributed by atoms with Gasteiger partial charge in [0.25, 0.3) is 0 Å². The summed E-state index contributed by atoms with van der Waals surface area (Å²) in [6, 6.07) is 0.981. The van der Waals surface area contributed by atoms with Gasteiger partial charge in [0.05, 0.1) is 20.9 Å². The number of rotatable bonds is 14. The summed E-state index contributed by atoms with van der Waals surface area (Å²) in [6.07, 6.45) is 5.57. The Morgan fingerprint density at radius 2 is 1.83 bits per heavy atom. The van der Waals surface area contributed by atoms with Gasteiger partial charge in [-0.2, -0.15) is 0 Å². The van der Waals surface area contributed by atoms with Crippen LogP contribution in [0.4, 0.5) is 0 Å². The van der Waals surface area contributed by atoms with E-state index in [1.165, 1.54) is 0 Å². The second-order valence-corrected chi connectivity index (χ2v) is 20.5. The molecule has 0 aliphatic carbocycles. The first-order valence-corrected chi connectivity index (χ1v) is 19.0. The van der Waals surface area contributed by atoms with Crippen molar-refractivity contribution in [3.05, 3.63) is 33.9 Å². The van der Waals surface area contributed by atoms with Crippen molar-refractivity contribution < 1.29 is 28.4 Å². The molecular formula is C27H43O6PSi. The zero-order valence-corrected chi connectivity index (χ0v) is 24.7. The molecule has 1 heterocycles. The summed E-state index contributed by atoms with van der Waals surface area (Å²) in [4.78, 5) is 24.9. The predicted octanol–water partition coefficient (Wildman–Crippen LogP) is 6.63. The van der Waals surface area contributed by atoms with Crippen LogP contribution < -0.4 is 9.47 Å². The smallest absolute Gasteiger partial charge is 0.342 e. The quantitative estimate of drug-likeness (QED) is 0.118. The van der Waals surface area contributed by atoms with Crippen molar-refractivity contribution in [1.29, 1.82) is 0 Å². The molecule has 0 saturated carbocycles. The highest BCUT2D eigenvalue weighted by Gasteiger charge is 2.33. The number of carbonyl (C=O) groups is 2. The van der Waals surface area contributed by atoms with Gasteiger partial charge in [0.1, 0.15) is 29.5 Å². The Bertz CT molecular complexity index is 1020. The highest BCUT2D eigenvalue weighted by Crippen LogP contribution is 2.43. The largest absolute Gasteiger partial charge is 0.496 e. The van der Waals surface area contributed by atoms with Crippen LogP contribution in [0.5, 0.6) is 11.5 Å². The summed E-state index contributed by atoms with van der Waals surface area (Å²) in [7, 11) is -1.74. The van der Waals surface area contributed by atoms with E-state index in [2.05, 4.69) is 25.7 Å². The first-order valence-electron chi connectivity index (χ1n) is 12.5. The van der Waals surface area contributed by atoms with Crippen LogP contribution in [-0.2, 0) is 27.1 Å². The van der Waals surface area contributed by atoms with Gasteiger partial charge in [-0.1, -0.05) is 31.3 Å². The fraction of sp³-hybridized carbons (Fsp3) is 0.630. The summed E-state index contributed by atoms with van der Waals surface area (Å²) in [6.45, 7) is 15.2. The van der Waals surface area contributed by atoms with E-state index in [4.69, 9.17) is 14.2 Å². The van der Waals surface area contributed by atoms with Crippen molar-refractivity contribution in [3.63, 3.8) is 0 Å². The number of fused-ring (bicyclic) bond motifs is 1. The number of benzene rings is 1. The van der Waals surface area contributed by atoms with Crippen LogP contribution in [0.1, 0.15) is 59.7 Å². The van der Waals surface area contributed by atoms with Gasteiger partial charge in [-0.15, -0.1) is 0 Å². The Balaban J connectivity index is 2.20. The summed E-state index contributed by atoms with van der Waals surface area (Å²) in [5, 5.41) is 0. The first kappa shape index (κ1) is 29.4. The Kier molecular flexibility index (Phi) is 10.4. The molecule has 0 N–H and O–H groups in total. The van der Waals surface area contributed by atoms with Gasteiger partial charge in [0.15, 0.2) is 0 Å². The van der Waals surface area contributed by atoms with Crippen molar-refractivity contribution in [3.8, 4) is 11.5 Å². The molecule has 1 aliphatic rings. The number of carbonyl (C=O) groups excluding carboxylic acids is 2. The molecular weight excluding hydrogens is 479 g/mol. The number of hydrogen-bond acceptors (Lipinski definition) is 6. The topological polar surface area (TPSA) is 78.9 Å². The van der Waals surface area contributed by atoms with E-state index in [1.807, 2.05) is 13.8 Å². The van der Waals surface area contributed by atoms with Gasteiger partial charge >= 0.3 is 5.97 Å². The maximum atomic E-state index is 12.6. The molecule has 6 nitrogen and oxygen atoms in total. The minimum absolute atomic E-state index is 0.204. The molecule has 8 heteroatoms. The van der Waals surface area contributed by atoms with E-state index in [1.54, 1.807) is 20.4 Å². The summed E-state index contributed by atoms with van der Waals surface area (Å²) in [5.41, 5.74) is 4.23.